The van der Waals surface area contributed by atoms with Crippen molar-refractivity contribution < 1.29 is 14.0 Å². The quantitative estimate of drug-likeness (QED) is 0.821. The maximum Gasteiger partial charge on any atom is 0.289 e. The first-order valence-electron chi connectivity index (χ1n) is 10.0. The lowest BCUT2D eigenvalue weighted by Crippen LogP contribution is -2.41. The maximum absolute atomic E-state index is 12.7. The van der Waals surface area contributed by atoms with Crippen molar-refractivity contribution in [2.75, 3.05) is 36.4 Å². The highest BCUT2D eigenvalue weighted by Gasteiger charge is 2.29. The SMILES string of the molecule is CCN(CC)c1ccc(NC(=O)C2CCN(C(=O)c3ccco3)CC2)c(C)c1. The highest BCUT2D eigenvalue weighted by molar-refractivity contribution is 5.94. The summed E-state index contributed by atoms with van der Waals surface area (Å²) < 4.78 is 5.18. The number of benzene rings is 1. The van der Waals surface area contributed by atoms with Gasteiger partial charge in [-0.25, -0.2) is 0 Å². The van der Waals surface area contributed by atoms with E-state index in [1.54, 1.807) is 17.0 Å². The average Bonchev–Trinajstić information content (AvgIpc) is 3.25. The smallest absolute Gasteiger partial charge is 0.289 e. The molecule has 6 heteroatoms. The highest BCUT2D eigenvalue weighted by Crippen LogP contribution is 2.25. The molecule has 0 spiro atoms. The molecule has 6 nitrogen and oxygen atoms in total. The summed E-state index contributed by atoms with van der Waals surface area (Å²) in [5.41, 5.74) is 3.09. The Balaban J connectivity index is 1.56. The largest absolute Gasteiger partial charge is 0.459 e. The Bertz CT molecular complexity index is 804. The van der Waals surface area contributed by atoms with Crippen molar-refractivity contribution >= 4 is 23.2 Å². The van der Waals surface area contributed by atoms with Gasteiger partial charge in [0.25, 0.3) is 5.91 Å². The van der Waals surface area contributed by atoms with Gasteiger partial charge >= 0.3 is 0 Å². The van der Waals surface area contributed by atoms with Crippen LogP contribution in [-0.2, 0) is 4.79 Å². The number of piperidine rings is 1. The van der Waals surface area contributed by atoms with Crippen molar-refractivity contribution in [1.29, 1.82) is 0 Å². The van der Waals surface area contributed by atoms with E-state index in [9.17, 15) is 9.59 Å². The van der Waals surface area contributed by atoms with Gasteiger partial charge in [-0.15, -0.1) is 0 Å². The maximum atomic E-state index is 12.7. The van der Waals surface area contributed by atoms with Crippen molar-refractivity contribution in [2.24, 2.45) is 5.92 Å². The molecule has 1 saturated heterocycles. The molecular weight excluding hydrogens is 354 g/mol. The number of nitrogens with zero attached hydrogens (tertiary/aromatic N) is 2. The Labute approximate surface area is 166 Å². The van der Waals surface area contributed by atoms with Gasteiger partial charge in [0.2, 0.25) is 5.91 Å². The molecule has 2 heterocycles. The summed E-state index contributed by atoms with van der Waals surface area (Å²) >= 11 is 0. The predicted molar refractivity (Wildman–Crippen MR) is 111 cm³/mol. The molecule has 1 aliphatic heterocycles. The summed E-state index contributed by atoms with van der Waals surface area (Å²) in [6, 6.07) is 9.54. The van der Waals surface area contributed by atoms with Crippen LogP contribution in [0.25, 0.3) is 0 Å². The third-order valence-corrected chi connectivity index (χ3v) is 5.48. The molecule has 0 atom stereocenters. The molecule has 150 valence electrons. The van der Waals surface area contributed by atoms with Crippen LogP contribution in [0.4, 0.5) is 11.4 Å². The molecule has 0 radical (unpaired) electrons. The second-order valence-corrected chi connectivity index (χ2v) is 7.20. The van der Waals surface area contributed by atoms with Crippen LogP contribution in [0.2, 0.25) is 0 Å². The second-order valence-electron chi connectivity index (χ2n) is 7.20. The molecule has 1 N–H and O–H groups in total. The molecule has 3 rings (SSSR count). The fourth-order valence-corrected chi connectivity index (χ4v) is 3.71. The number of amides is 2. The first-order valence-corrected chi connectivity index (χ1v) is 10.0. The number of rotatable bonds is 6. The second kappa shape index (κ2) is 8.95. The van der Waals surface area contributed by atoms with Gasteiger partial charge in [-0.05, 0) is 69.5 Å². The Hall–Kier alpha value is -2.76. The van der Waals surface area contributed by atoms with E-state index in [4.69, 9.17) is 4.42 Å². The summed E-state index contributed by atoms with van der Waals surface area (Å²) in [4.78, 5) is 29.1. The third-order valence-electron chi connectivity index (χ3n) is 5.48. The fraction of sp³-hybridized carbons (Fsp3) is 0.455. The van der Waals surface area contributed by atoms with Gasteiger partial charge in [-0.2, -0.15) is 0 Å². The first kappa shape index (κ1) is 20.0. The van der Waals surface area contributed by atoms with E-state index in [1.165, 1.54) is 12.0 Å². The summed E-state index contributed by atoms with van der Waals surface area (Å²) in [7, 11) is 0. The highest BCUT2D eigenvalue weighted by atomic mass is 16.3. The topological polar surface area (TPSA) is 65.8 Å². The van der Waals surface area contributed by atoms with E-state index >= 15 is 0 Å². The van der Waals surface area contributed by atoms with E-state index in [0.29, 0.717) is 31.7 Å². The van der Waals surface area contributed by atoms with Crippen LogP contribution < -0.4 is 10.2 Å². The minimum absolute atomic E-state index is 0.0313. The monoisotopic (exact) mass is 383 g/mol. The number of hydrogen-bond donors (Lipinski definition) is 1. The Morgan fingerprint density at radius 3 is 2.46 bits per heavy atom. The molecule has 2 amide bonds. The zero-order valence-corrected chi connectivity index (χ0v) is 16.9. The van der Waals surface area contributed by atoms with Gasteiger partial charge < -0.3 is 19.5 Å². The molecular formula is C22H29N3O3. The third kappa shape index (κ3) is 4.38. The van der Waals surface area contributed by atoms with Gasteiger partial charge in [0.05, 0.1) is 6.26 Å². The Morgan fingerprint density at radius 1 is 1.18 bits per heavy atom. The number of aryl methyl sites for hydroxylation is 1. The van der Waals surface area contributed by atoms with Crippen LogP contribution in [-0.4, -0.2) is 42.9 Å². The lowest BCUT2D eigenvalue weighted by molar-refractivity contribution is -0.121. The zero-order chi connectivity index (χ0) is 20.1. The van der Waals surface area contributed by atoms with Crippen LogP contribution in [0.3, 0.4) is 0 Å². The van der Waals surface area contributed by atoms with Gasteiger partial charge in [-0.1, -0.05) is 0 Å². The molecule has 0 aliphatic carbocycles. The summed E-state index contributed by atoms with van der Waals surface area (Å²) in [6.07, 6.45) is 2.82. The number of anilines is 2. The van der Waals surface area contributed by atoms with Gasteiger partial charge in [0, 0.05) is 43.5 Å². The average molecular weight is 383 g/mol. The standard InChI is InChI=1S/C22H29N3O3/c1-4-24(5-2)18-8-9-19(16(3)15-18)23-21(26)17-10-12-25(13-11-17)22(27)20-7-6-14-28-20/h6-9,14-15,17H,4-5,10-13H2,1-3H3,(H,23,26). The Morgan fingerprint density at radius 2 is 1.89 bits per heavy atom. The minimum Gasteiger partial charge on any atom is -0.459 e. The minimum atomic E-state index is -0.105. The van der Waals surface area contributed by atoms with Crippen LogP contribution in [0.5, 0.6) is 0 Å². The van der Waals surface area contributed by atoms with Crippen molar-refractivity contribution in [1.82, 2.24) is 4.90 Å². The van der Waals surface area contributed by atoms with Crippen LogP contribution in [0.15, 0.2) is 41.0 Å². The molecule has 1 aromatic carbocycles. The van der Waals surface area contributed by atoms with Gasteiger partial charge in [0.1, 0.15) is 0 Å². The number of carbonyl (C=O) groups is 2. The fourth-order valence-electron chi connectivity index (χ4n) is 3.71. The lowest BCUT2D eigenvalue weighted by Gasteiger charge is -2.31. The Kier molecular flexibility index (Phi) is 6.39. The first-order chi connectivity index (χ1) is 13.5. The van der Waals surface area contributed by atoms with Crippen LogP contribution in [0.1, 0.15) is 42.8 Å². The summed E-state index contributed by atoms with van der Waals surface area (Å²) in [6.45, 7) is 9.34. The molecule has 0 bridgehead atoms. The zero-order valence-electron chi connectivity index (χ0n) is 16.9. The van der Waals surface area contributed by atoms with E-state index in [2.05, 4.69) is 36.2 Å². The van der Waals surface area contributed by atoms with Crippen molar-refractivity contribution in [2.45, 2.75) is 33.6 Å². The molecule has 2 aromatic rings. The van der Waals surface area contributed by atoms with Crippen LogP contribution >= 0.6 is 0 Å². The molecule has 0 saturated carbocycles. The van der Waals surface area contributed by atoms with Gasteiger partial charge in [0.15, 0.2) is 5.76 Å². The van der Waals surface area contributed by atoms with E-state index < -0.39 is 0 Å². The van der Waals surface area contributed by atoms with Gasteiger partial charge in [-0.3, -0.25) is 9.59 Å². The van der Waals surface area contributed by atoms with Crippen molar-refractivity contribution in [3.63, 3.8) is 0 Å². The summed E-state index contributed by atoms with van der Waals surface area (Å²) in [5.74, 6) is 0.199. The van der Waals surface area contributed by atoms with Crippen molar-refractivity contribution in [3.8, 4) is 0 Å². The number of furan rings is 1. The number of carbonyl (C=O) groups excluding carboxylic acids is 2. The van der Waals surface area contributed by atoms with E-state index in [0.717, 1.165) is 24.3 Å². The summed E-state index contributed by atoms with van der Waals surface area (Å²) in [5, 5.41) is 3.07. The molecule has 1 aliphatic rings. The number of nitrogens with one attached hydrogen (secondary N) is 1. The molecule has 0 unspecified atom stereocenters. The van der Waals surface area contributed by atoms with E-state index in [-0.39, 0.29) is 17.7 Å². The normalized spacial score (nSPS) is 14.8. The van der Waals surface area contributed by atoms with E-state index in [1.807, 2.05) is 13.0 Å². The number of likely N-dealkylation sites (tertiary alicyclic amines) is 1. The number of hydrogen-bond acceptors (Lipinski definition) is 4. The van der Waals surface area contributed by atoms with Crippen molar-refractivity contribution in [3.05, 3.63) is 47.9 Å². The lowest BCUT2D eigenvalue weighted by atomic mass is 9.95. The molecule has 1 fully saturated rings. The predicted octanol–water partition coefficient (Wildman–Crippen LogP) is 3.93. The van der Waals surface area contributed by atoms with Crippen LogP contribution in [0, 0.1) is 12.8 Å². The molecule has 1 aromatic heterocycles. The molecule has 28 heavy (non-hydrogen) atoms.